The molecule has 0 atom stereocenters. The first-order valence-corrected chi connectivity index (χ1v) is 9.72. The van der Waals surface area contributed by atoms with Gasteiger partial charge in [-0.15, -0.1) is 12.4 Å². The highest BCUT2D eigenvalue weighted by molar-refractivity contribution is 7.92. The van der Waals surface area contributed by atoms with Crippen molar-refractivity contribution in [2.45, 2.75) is 33.2 Å². The van der Waals surface area contributed by atoms with Gasteiger partial charge in [-0.05, 0) is 36.9 Å². The average molecular weight is 408 g/mol. The molecule has 0 spiro atoms. The molecule has 2 aliphatic heterocycles. The van der Waals surface area contributed by atoms with E-state index in [-0.39, 0.29) is 12.4 Å². The molecule has 10 heteroatoms. The standard InChI is InChI=1S/C16H22FN3O4S.ClH/c1-10(2)3-5-19-6-4-11-7-13(21)16(15(17)12(11)8-19)20-9-14(22)18-25(20,23)24;/h7,10,21H,3-6,8-9H2,1-2H3,(H,18,22);1H. The van der Waals surface area contributed by atoms with Crippen molar-refractivity contribution in [1.82, 2.24) is 9.62 Å². The fourth-order valence-electron chi connectivity index (χ4n) is 3.21. The van der Waals surface area contributed by atoms with Crippen LogP contribution < -0.4 is 9.03 Å². The molecule has 1 fully saturated rings. The van der Waals surface area contributed by atoms with Gasteiger partial charge in [0.1, 0.15) is 18.0 Å². The molecule has 3 rings (SSSR count). The number of anilines is 1. The maximum absolute atomic E-state index is 15.1. The predicted octanol–water partition coefficient (Wildman–Crippen LogP) is 1.54. The first kappa shape index (κ1) is 20.7. The van der Waals surface area contributed by atoms with Crippen molar-refractivity contribution in [3.8, 4) is 5.75 Å². The number of fused-ring (bicyclic) bond motifs is 1. The SMILES string of the molecule is CC(C)CCN1CCc2cc(O)c(N3CC(=O)NS3(=O)=O)c(F)c2C1.Cl. The second-order valence-electron chi connectivity index (χ2n) is 6.94. The molecule has 2 heterocycles. The third-order valence-electron chi connectivity index (χ3n) is 4.59. The Morgan fingerprint density at radius 1 is 1.35 bits per heavy atom. The van der Waals surface area contributed by atoms with Gasteiger partial charge in [0, 0.05) is 18.7 Å². The third kappa shape index (κ3) is 3.89. The fourth-order valence-corrected chi connectivity index (χ4v) is 4.37. The van der Waals surface area contributed by atoms with Crippen LogP contribution in [0.5, 0.6) is 5.75 Å². The molecule has 1 aromatic carbocycles. The Morgan fingerprint density at radius 3 is 2.62 bits per heavy atom. The molecule has 0 aliphatic carbocycles. The number of carbonyl (C=O) groups excluding carboxylic acids is 1. The van der Waals surface area contributed by atoms with E-state index >= 15 is 4.39 Å². The average Bonchev–Trinajstić information content (AvgIpc) is 2.78. The Kier molecular flexibility index (Phi) is 6.04. The van der Waals surface area contributed by atoms with Crippen LogP contribution in [-0.4, -0.2) is 44.0 Å². The molecule has 2 aliphatic rings. The van der Waals surface area contributed by atoms with E-state index in [0.29, 0.717) is 34.3 Å². The monoisotopic (exact) mass is 407 g/mol. The Labute approximate surface area is 158 Å². The van der Waals surface area contributed by atoms with Gasteiger partial charge in [0.15, 0.2) is 5.82 Å². The fraction of sp³-hybridized carbons (Fsp3) is 0.562. The molecule has 0 bridgehead atoms. The van der Waals surface area contributed by atoms with Crippen molar-refractivity contribution in [2.24, 2.45) is 5.92 Å². The van der Waals surface area contributed by atoms with Crippen LogP contribution in [0.2, 0.25) is 0 Å². The molecule has 1 saturated heterocycles. The molecular formula is C16H23ClFN3O4S. The van der Waals surface area contributed by atoms with Crippen LogP contribution in [0.4, 0.5) is 10.1 Å². The highest BCUT2D eigenvalue weighted by atomic mass is 35.5. The zero-order chi connectivity index (χ0) is 18.4. The minimum Gasteiger partial charge on any atom is -0.506 e. The minimum atomic E-state index is -4.18. The minimum absolute atomic E-state index is 0. The first-order valence-electron chi connectivity index (χ1n) is 8.28. The molecule has 1 aromatic rings. The molecule has 7 nitrogen and oxygen atoms in total. The van der Waals surface area contributed by atoms with Gasteiger partial charge < -0.3 is 5.11 Å². The van der Waals surface area contributed by atoms with Gasteiger partial charge in [-0.25, -0.2) is 13.4 Å². The van der Waals surface area contributed by atoms with E-state index in [2.05, 4.69) is 18.7 Å². The number of carbonyl (C=O) groups is 1. The Balaban J connectivity index is 0.00000243. The second kappa shape index (κ2) is 7.58. The van der Waals surface area contributed by atoms with Gasteiger partial charge in [-0.2, -0.15) is 8.42 Å². The number of nitrogens with zero attached hydrogens (tertiary/aromatic N) is 2. The predicted molar refractivity (Wildman–Crippen MR) is 98.2 cm³/mol. The Bertz CT molecular complexity index is 816. The summed E-state index contributed by atoms with van der Waals surface area (Å²) in [6.07, 6.45) is 1.57. The summed E-state index contributed by atoms with van der Waals surface area (Å²) in [5.41, 5.74) is 0.607. The maximum Gasteiger partial charge on any atom is 0.326 e. The topological polar surface area (TPSA) is 89.9 Å². The number of amides is 1. The number of halogens is 2. The molecule has 1 amide bonds. The molecular weight excluding hydrogens is 385 g/mol. The number of phenolic OH excluding ortho intramolecular Hbond substituents is 1. The molecule has 146 valence electrons. The normalized spacial score (nSPS) is 19.2. The van der Waals surface area contributed by atoms with Gasteiger partial charge in [0.05, 0.1) is 0 Å². The van der Waals surface area contributed by atoms with E-state index in [1.165, 1.54) is 6.07 Å². The van der Waals surface area contributed by atoms with Crippen molar-refractivity contribution in [2.75, 3.05) is 23.9 Å². The largest absolute Gasteiger partial charge is 0.506 e. The van der Waals surface area contributed by atoms with Crippen LogP contribution in [0.25, 0.3) is 0 Å². The van der Waals surface area contributed by atoms with Crippen molar-refractivity contribution in [1.29, 1.82) is 0 Å². The highest BCUT2D eigenvalue weighted by Crippen LogP contribution is 2.39. The summed E-state index contributed by atoms with van der Waals surface area (Å²) in [7, 11) is -4.18. The molecule has 0 aromatic heterocycles. The Morgan fingerprint density at radius 2 is 2.04 bits per heavy atom. The zero-order valence-corrected chi connectivity index (χ0v) is 16.3. The number of phenols is 1. The number of aromatic hydroxyl groups is 1. The smallest absolute Gasteiger partial charge is 0.326 e. The van der Waals surface area contributed by atoms with Crippen molar-refractivity contribution >= 4 is 34.2 Å². The number of rotatable bonds is 4. The third-order valence-corrected chi connectivity index (χ3v) is 5.96. The van der Waals surface area contributed by atoms with E-state index in [9.17, 15) is 18.3 Å². The first-order chi connectivity index (χ1) is 11.7. The highest BCUT2D eigenvalue weighted by Gasteiger charge is 2.38. The van der Waals surface area contributed by atoms with Crippen LogP contribution >= 0.6 is 12.4 Å². The lowest BCUT2D eigenvalue weighted by molar-refractivity contribution is -0.117. The summed E-state index contributed by atoms with van der Waals surface area (Å²) < 4.78 is 41.4. The van der Waals surface area contributed by atoms with Gasteiger partial charge in [-0.1, -0.05) is 13.8 Å². The second-order valence-corrected chi connectivity index (χ2v) is 8.54. The zero-order valence-electron chi connectivity index (χ0n) is 14.7. The van der Waals surface area contributed by atoms with Crippen LogP contribution in [0, 0.1) is 11.7 Å². The number of benzene rings is 1. The number of nitrogens with one attached hydrogen (secondary N) is 1. The molecule has 0 unspecified atom stereocenters. The molecule has 0 radical (unpaired) electrons. The van der Waals surface area contributed by atoms with E-state index in [1.54, 1.807) is 4.72 Å². The summed E-state index contributed by atoms with van der Waals surface area (Å²) in [6, 6.07) is 1.41. The van der Waals surface area contributed by atoms with Crippen LogP contribution in [0.15, 0.2) is 6.07 Å². The van der Waals surface area contributed by atoms with Gasteiger partial charge in [-0.3, -0.25) is 9.69 Å². The van der Waals surface area contributed by atoms with Crippen LogP contribution in [-0.2, 0) is 28.0 Å². The van der Waals surface area contributed by atoms with Gasteiger partial charge in [0.25, 0.3) is 5.91 Å². The van der Waals surface area contributed by atoms with Crippen molar-refractivity contribution < 1.29 is 22.7 Å². The summed E-state index contributed by atoms with van der Waals surface area (Å²) in [5.74, 6) is -1.46. The maximum atomic E-state index is 15.1. The van der Waals surface area contributed by atoms with E-state index in [0.717, 1.165) is 19.5 Å². The number of hydrogen-bond donors (Lipinski definition) is 2. The van der Waals surface area contributed by atoms with Crippen LogP contribution in [0.1, 0.15) is 31.4 Å². The van der Waals surface area contributed by atoms with E-state index in [4.69, 9.17) is 0 Å². The van der Waals surface area contributed by atoms with Crippen molar-refractivity contribution in [3.05, 3.63) is 23.0 Å². The van der Waals surface area contributed by atoms with Gasteiger partial charge >= 0.3 is 10.2 Å². The lowest BCUT2D eigenvalue weighted by Gasteiger charge is -2.31. The lowest BCUT2D eigenvalue weighted by Crippen LogP contribution is -2.34. The molecule has 0 saturated carbocycles. The molecule has 2 N–H and O–H groups in total. The lowest BCUT2D eigenvalue weighted by atomic mass is 9.97. The van der Waals surface area contributed by atoms with Crippen LogP contribution in [0.3, 0.4) is 0 Å². The quantitative estimate of drug-likeness (QED) is 0.790. The van der Waals surface area contributed by atoms with Crippen molar-refractivity contribution in [3.63, 3.8) is 0 Å². The molecule has 26 heavy (non-hydrogen) atoms. The summed E-state index contributed by atoms with van der Waals surface area (Å²) >= 11 is 0. The Hall–Kier alpha value is -1.58. The summed E-state index contributed by atoms with van der Waals surface area (Å²) in [6.45, 7) is 5.65. The van der Waals surface area contributed by atoms with E-state index < -0.39 is 39.9 Å². The number of hydrogen-bond acceptors (Lipinski definition) is 5. The summed E-state index contributed by atoms with van der Waals surface area (Å²) in [4.78, 5) is 13.5. The van der Waals surface area contributed by atoms with Gasteiger partial charge in [0.2, 0.25) is 0 Å². The van der Waals surface area contributed by atoms with E-state index in [1.807, 2.05) is 0 Å². The summed E-state index contributed by atoms with van der Waals surface area (Å²) in [5, 5.41) is 10.2.